The van der Waals surface area contributed by atoms with Crippen molar-refractivity contribution in [1.82, 2.24) is 5.32 Å². The number of amides is 1. The molecule has 0 radical (unpaired) electrons. The van der Waals surface area contributed by atoms with Crippen LogP contribution in [0.15, 0.2) is 0 Å². The number of aliphatic hydroxyl groups excluding tert-OH is 3. The molecule has 0 aromatic heterocycles. The van der Waals surface area contributed by atoms with E-state index in [1.54, 1.807) is 0 Å². The van der Waals surface area contributed by atoms with Gasteiger partial charge < -0.3 is 63.3 Å². The van der Waals surface area contributed by atoms with E-state index in [0.717, 1.165) is 58.3 Å². The fourth-order valence-corrected chi connectivity index (χ4v) is 7.39. The van der Waals surface area contributed by atoms with Gasteiger partial charge >= 0.3 is 23.9 Å². The quantitative estimate of drug-likeness (QED) is 0.0442. The number of unbranched alkanes of at least 4 members (excludes halogenated alkanes) is 11. The van der Waals surface area contributed by atoms with Crippen LogP contribution in [0.1, 0.15) is 138 Å². The van der Waals surface area contributed by atoms with Gasteiger partial charge in [-0.1, -0.05) is 90.4 Å². The van der Waals surface area contributed by atoms with Crippen LogP contribution in [0.2, 0.25) is 0 Å². The standard InChI is InChI=1S/C43H75NO17/c1-28(20-16-12-8-7-10-14-18-22-45)21-17-13-9-11-15-19-23-53-24-34(60-42-37(44-29(2)46)39(52)38(51)35(61-42)26-54-30(3)47)25-55-43-41(59-33(6)50)40(58-32(5)49)36(27-56-43)57-31(4)48/h28,34-43,45,51-52H,7-27H2,1-6H3,(H,44,46)/t28?,34?,35-,36-,37-,38-,39-,40+,41-,42-,43-/m1/s1. The third kappa shape index (κ3) is 22.8. The maximum atomic E-state index is 12.2. The third-order valence-corrected chi connectivity index (χ3v) is 10.5. The Bertz CT molecular complexity index is 1270. The average Bonchev–Trinajstić information content (AvgIpc) is 3.18. The molecule has 4 N–H and O–H groups in total. The van der Waals surface area contributed by atoms with Crippen molar-refractivity contribution >= 4 is 29.8 Å². The monoisotopic (exact) mass is 878 g/mol. The zero-order valence-corrected chi connectivity index (χ0v) is 37.3. The number of hydrogen-bond acceptors (Lipinski definition) is 17. The third-order valence-electron chi connectivity index (χ3n) is 10.5. The van der Waals surface area contributed by atoms with Crippen molar-refractivity contribution in [2.75, 3.05) is 39.6 Å². The molecule has 18 heteroatoms. The van der Waals surface area contributed by atoms with Crippen LogP contribution in [-0.2, 0) is 66.6 Å². The summed E-state index contributed by atoms with van der Waals surface area (Å²) in [6.45, 7) is 7.80. The van der Waals surface area contributed by atoms with Gasteiger partial charge in [0.05, 0.1) is 19.8 Å². The predicted molar refractivity (Wildman–Crippen MR) is 218 cm³/mol. The Kier molecular flexibility index (Phi) is 27.5. The minimum atomic E-state index is -1.59. The summed E-state index contributed by atoms with van der Waals surface area (Å²) in [6.07, 6.45) is 5.32. The molecule has 2 aliphatic rings. The highest BCUT2D eigenvalue weighted by Gasteiger charge is 2.49. The summed E-state index contributed by atoms with van der Waals surface area (Å²) in [6, 6.07) is -1.26. The van der Waals surface area contributed by atoms with Crippen molar-refractivity contribution in [3.05, 3.63) is 0 Å². The van der Waals surface area contributed by atoms with Crippen molar-refractivity contribution in [3.63, 3.8) is 0 Å². The lowest BCUT2D eigenvalue weighted by molar-refractivity contribution is -0.307. The molecule has 2 heterocycles. The van der Waals surface area contributed by atoms with E-state index in [1.807, 2.05) is 0 Å². The molecule has 354 valence electrons. The molecule has 1 amide bonds. The summed E-state index contributed by atoms with van der Waals surface area (Å²) in [5.41, 5.74) is 0. The van der Waals surface area contributed by atoms with E-state index in [2.05, 4.69) is 12.2 Å². The first-order valence-corrected chi connectivity index (χ1v) is 22.1. The summed E-state index contributed by atoms with van der Waals surface area (Å²) in [4.78, 5) is 59.8. The zero-order valence-electron chi connectivity index (χ0n) is 37.3. The molecule has 61 heavy (non-hydrogen) atoms. The number of esters is 4. The van der Waals surface area contributed by atoms with Gasteiger partial charge in [0.1, 0.15) is 37.1 Å². The first kappa shape index (κ1) is 54.2. The van der Waals surface area contributed by atoms with E-state index >= 15 is 0 Å². The summed E-state index contributed by atoms with van der Waals surface area (Å²) in [5.74, 6) is -2.62. The summed E-state index contributed by atoms with van der Waals surface area (Å²) in [7, 11) is 0. The first-order chi connectivity index (χ1) is 29.1. The SMILES string of the molecule is CC(=O)N[C@H]1[C@H](OC(COCCCCCCCCC(C)CCCCCCCCCO)CO[C@@H]2OC[C@@H](OC(C)=O)[C@H](OC(C)=O)[C@H]2OC(C)=O)O[C@H](COC(C)=O)[C@@H](O)[C@@H]1O. The van der Waals surface area contributed by atoms with E-state index in [-0.39, 0.29) is 19.8 Å². The normalized spacial score (nSPS) is 26.1. The summed E-state index contributed by atoms with van der Waals surface area (Å²) in [5, 5.41) is 33.2. The predicted octanol–water partition coefficient (Wildman–Crippen LogP) is 3.55. The number of carbonyl (C=O) groups excluding carboxylic acids is 5. The second-order valence-electron chi connectivity index (χ2n) is 16.2. The lowest BCUT2D eigenvalue weighted by Gasteiger charge is -2.43. The van der Waals surface area contributed by atoms with Crippen molar-refractivity contribution in [1.29, 1.82) is 0 Å². The topological polar surface area (TPSA) is 241 Å². The van der Waals surface area contributed by atoms with Crippen LogP contribution in [-0.4, -0.2) is 146 Å². The maximum absolute atomic E-state index is 12.2. The van der Waals surface area contributed by atoms with Gasteiger partial charge in [-0.2, -0.15) is 0 Å². The van der Waals surface area contributed by atoms with Gasteiger partial charge in [-0.05, 0) is 18.8 Å². The Morgan fingerprint density at radius 1 is 0.672 bits per heavy atom. The molecule has 0 aromatic carbocycles. The van der Waals surface area contributed by atoms with Crippen LogP contribution in [0, 0.1) is 5.92 Å². The van der Waals surface area contributed by atoms with Crippen LogP contribution < -0.4 is 5.32 Å². The van der Waals surface area contributed by atoms with Crippen molar-refractivity contribution in [2.24, 2.45) is 5.92 Å². The number of nitrogens with one attached hydrogen (secondary N) is 1. The Morgan fingerprint density at radius 2 is 1.23 bits per heavy atom. The molecule has 18 nitrogen and oxygen atoms in total. The Labute approximate surface area is 361 Å². The van der Waals surface area contributed by atoms with Gasteiger partial charge in [0, 0.05) is 47.8 Å². The van der Waals surface area contributed by atoms with E-state index in [9.17, 15) is 34.2 Å². The number of hydrogen-bond donors (Lipinski definition) is 4. The number of rotatable bonds is 31. The highest BCUT2D eigenvalue weighted by molar-refractivity contribution is 5.73. The van der Waals surface area contributed by atoms with Gasteiger partial charge in [-0.15, -0.1) is 0 Å². The van der Waals surface area contributed by atoms with Gasteiger partial charge in [-0.3, -0.25) is 24.0 Å². The van der Waals surface area contributed by atoms with Gasteiger partial charge in [0.2, 0.25) is 5.91 Å². The van der Waals surface area contributed by atoms with Crippen LogP contribution in [0.5, 0.6) is 0 Å². The highest BCUT2D eigenvalue weighted by Crippen LogP contribution is 2.28. The molecule has 2 saturated heterocycles. The van der Waals surface area contributed by atoms with Gasteiger partial charge in [0.25, 0.3) is 0 Å². The fourth-order valence-electron chi connectivity index (χ4n) is 7.39. The minimum absolute atomic E-state index is 0.0735. The number of carbonyl (C=O) groups is 5. The average molecular weight is 878 g/mol. The van der Waals surface area contributed by atoms with Gasteiger partial charge in [-0.25, -0.2) is 0 Å². The maximum Gasteiger partial charge on any atom is 0.303 e. The molecular formula is C43H75NO17. The molecule has 0 aromatic rings. The molecule has 0 saturated carbocycles. The molecule has 2 rings (SSSR count). The lowest BCUT2D eigenvalue weighted by Crippen LogP contribution is -2.65. The Balaban J connectivity index is 2.02. The number of aliphatic hydroxyl groups is 3. The molecule has 2 fully saturated rings. The Morgan fingerprint density at radius 3 is 1.79 bits per heavy atom. The van der Waals surface area contributed by atoms with E-state index in [0.29, 0.717) is 13.2 Å². The van der Waals surface area contributed by atoms with Crippen LogP contribution >= 0.6 is 0 Å². The molecular weight excluding hydrogens is 802 g/mol. The van der Waals surface area contributed by atoms with Crippen molar-refractivity contribution in [3.8, 4) is 0 Å². The van der Waals surface area contributed by atoms with Crippen molar-refractivity contribution < 1.29 is 81.9 Å². The van der Waals surface area contributed by atoms with E-state index in [1.165, 1.54) is 78.6 Å². The molecule has 0 spiro atoms. The second-order valence-corrected chi connectivity index (χ2v) is 16.2. The largest absolute Gasteiger partial charge is 0.463 e. The Hall–Kier alpha value is -2.97. The smallest absolute Gasteiger partial charge is 0.303 e. The molecule has 2 unspecified atom stereocenters. The molecule has 2 aliphatic heterocycles. The minimum Gasteiger partial charge on any atom is -0.463 e. The van der Waals surface area contributed by atoms with E-state index in [4.69, 9.17) is 47.7 Å². The molecule has 11 atom stereocenters. The van der Waals surface area contributed by atoms with E-state index < -0.39 is 97.7 Å². The zero-order chi connectivity index (χ0) is 45.2. The molecule has 0 bridgehead atoms. The van der Waals surface area contributed by atoms with Crippen LogP contribution in [0.4, 0.5) is 0 Å². The van der Waals surface area contributed by atoms with Crippen LogP contribution in [0.3, 0.4) is 0 Å². The van der Waals surface area contributed by atoms with Crippen LogP contribution in [0.25, 0.3) is 0 Å². The van der Waals surface area contributed by atoms with Gasteiger partial charge in [0.15, 0.2) is 30.9 Å². The second kappa shape index (κ2) is 31.0. The van der Waals surface area contributed by atoms with Crippen molar-refractivity contribution in [2.45, 2.75) is 199 Å². The summed E-state index contributed by atoms with van der Waals surface area (Å²) >= 11 is 0. The first-order valence-electron chi connectivity index (χ1n) is 22.1. The number of ether oxygens (including phenoxy) is 9. The summed E-state index contributed by atoms with van der Waals surface area (Å²) < 4.78 is 51.3. The lowest BCUT2D eigenvalue weighted by atomic mass is 9.96. The fraction of sp³-hybridized carbons (Fsp3) is 0.884. The highest BCUT2D eigenvalue weighted by atomic mass is 16.7. The molecule has 0 aliphatic carbocycles.